The number of sulfonamides is 1. The lowest BCUT2D eigenvalue weighted by Gasteiger charge is -2.25. The molecule has 1 fully saturated rings. The summed E-state index contributed by atoms with van der Waals surface area (Å²) < 4.78 is 32.2. The van der Waals surface area contributed by atoms with E-state index in [9.17, 15) is 8.42 Å². The van der Waals surface area contributed by atoms with E-state index in [0.29, 0.717) is 26.1 Å². The Balaban J connectivity index is 2.19. The summed E-state index contributed by atoms with van der Waals surface area (Å²) in [5, 5.41) is 1.52. The van der Waals surface area contributed by atoms with Gasteiger partial charge in [0.05, 0.1) is 6.10 Å². The van der Waals surface area contributed by atoms with Gasteiger partial charge in [0.2, 0.25) is 10.0 Å². The molecule has 0 amide bonds. The van der Waals surface area contributed by atoms with E-state index >= 15 is 0 Å². The molecule has 1 aliphatic heterocycles. The van der Waals surface area contributed by atoms with Crippen molar-refractivity contribution in [2.75, 3.05) is 13.2 Å². The highest BCUT2D eigenvalue weighted by Gasteiger charge is 2.39. The lowest BCUT2D eigenvalue weighted by Crippen LogP contribution is -2.41. The topological polar surface area (TPSA) is 46.6 Å². The van der Waals surface area contributed by atoms with Crippen LogP contribution >= 0.6 is 11.3 Å². The van der Waals surface area contributed by atoms with Crippen LogP contribution in [0.4, 0.5) is 0 Å². The Morgan fingerprint density at radius 1 is 1.63 bits per heavy atom. The summed E-state index contributed by atoms with van der Waals surface area (Å²) in [5.41, 5.74) is 0. The molecule has 2 atom stereocenters. The second kappa shape index (κ2) is 6.17. The van der Waals surface area contributed by atoms with E-state index in [1.165, 1.54) is 4.31 Å². The van der Waals surface area contributed by atoms with Crippen LogP contribution in [0.25, 0.3) is 0 Å². The van der Waals surface area contributed by atoms with Gasteiger partial charge in [0.25, 0.3) is 0 Å². The Morgan fingerprint density at radius 3 is 2.95 bits per heavy atom. The van der Waals surface area contributed by atoms with Crippen molar-refractivity contribution >= 4 is 21.4 Å². The lowest BCUT2D eigenvalue weighted by molar-refractivity contribution is 0.125. The largest absolute Gasteiger partial charge is 0.377 e. The number of rotatable bonds is 6. The molecule has 19 heavy (non-hydrogen) atoms. The molecule has 0 saturated carbocycles. The Hall–Kier alpha value is -0.690. The molecule has 0 bridgehead atoms. The molecule has 106 valence electrons. The van der Waals surface area contributed by atoms with E-state index in [0.717, 1.165) is 4.88 Å². The zero-order chi connectivity index (χ0) is 13.9. The van der Waals surface area contributed by atoms with Gasteiger partial charge in [-0.2, -0.15) is 4.31 Å². The van der Waals surface area contributed by atoms with Gasteiger partial charge >= 0.3 is 0 Å². The Bertz CT molecular complexity index is 510. The standard InChI is InChI=1S/C13H19NO3S2/c1-3-7-14(10-12-5-4-9-18-12)19(15,16)13-6-8-17-11(13)2/h3-5,9,11,13H,1,6-8,10H2,2H3/t11-,13-/m1/s1. The highest BCUT2D eigenvalue weighted by molar-refractivity contribution is 7.89. The number of thiophene rings is 1. The molecule has 0 radical (unpaired) electrons. The fraction of sp³-hybridized carbons (Fsp3) is 0.538. The predicted molar refractivity (Wildman–Crippen MR) is 77.7 cm³/mol. The van der Waals surface area contributed by atoms with Gasteiger partial charge in [0.1, 0.15) is 5.25 Å². The van der Waals surface area contributed by atoms with E-state index in [1.807, 2.05) is 24.4 Å². The third kappa shape index (κ3) is 3.25. The van der Waals surface area contributed by atoms with Gasteiger partial charge in [-0.25, -0.2) is 8.42 Å². The molecule has 0 aliphatic carbocycles. The maximum absolute atomic E-state index is 12.7. The molecule has 0 aromatic carbocycles. The molecule has 0 N–H and O–H groups in total. The highest BCUT2D eigenvalue weighted by atomic mass is 32.2. The van der Waals surface area contributed by atoms with E-state index in [1.54, 1.807) is 17.4 Å². The van der Waals surface area contributed by atoms with Gasteiger partial charge in [-0.15, -0.1) is 17.9 Å². The van der Waals surface area contributed by atoms with E-state index in [4.69, 9.17) is 4.74 Å². The van der Waals surface area contributed by atoms with Crippen LogP contribution in [0.2, 0.25) is 0 Å². The van der Waals surface area contributed by atoms with Crippen LogP contribution in [0.5, 0.6) is 0 Å². The Kier molecular flexibility index (Phi) is 4.78. The van der Waals surface area contributed by atoms with Crippen molar-refractivity contribution in [3.8, 4) is 0 Å². The minimum absolute atomic E-state index is 0.236. The van der Waals surface area contributed by atoms with Crippen LogP contribution in [-0.2, 0) is 21.3 Å². The van der Waals surface area contributed by atoms with E-state index < -0.39 is 15.3 Å². The molecule has 4 nitrogen and oxygen atoms in total. The second-order valence-corrected chi connectivity index (χ2v) is 7.79. The quantitative estimate of drug-likeness (QED) is 0.757. The first kappa shape index (κ1) is 14.7. The molecule has 2 heterocycles. The summed E-state index contributed by atoms with van der Waals surface area (Å²) in [6, 6.07) is 3.88. The van der Waals surface area contributed by atoms with Crippen molar-refractivity contribution in [2.24, 2.45) is 0 Å². The molecule has 0 unspecified atom stereocenters. The Morgan fingerprint density at radius 2 is 2.42 bits per heavy atom. The van der Waals surface area contributed by atoms with Crippen LogP contribution in [0, 0.1) is 0 Å². The molecule has 2 rings (SSSR count). The summed E-state index contributed by atoms with van der Waals surface area (Å²) in [6.07, 6.45) is 1.97. The lowest BCUT2D eigenvalue weighted by atomic mass is 10.3. The van der Waals surface area contributed by atoms with Crippen LogP contribution in [0.15, 0.2) is 30.2 Å². The minimum Gasteiger partial charge on any atom is -0.377 e. The van der Waals surface area contributed by atoms with Gasteiger partial charge in [0.15, 0.2) is 0 Å². The molecule has 1 aromatic rings. The SMILES string of the molecule is C=CCN(Cc1cccs1)S(=O)(=O)[C@@H]1CCO[C@@H]1C. The number of ether oxygens (including phenoxy) is 1. The molecular formula is C13H19NO3S2. The van der Waals surface area contributed by atoms with Crippen molar-refractivity contribution < 1.29 is 13.2 Å². The van der Waals surface area contributed by atoms with Gasteiger partial charge in [-0.3, -0.25) is 0 Å². The number of hydrogen-bond acceptors (Lipinski definition) is 4. The first-order valence-corrected chi connectivity index (χ1v) is 8.68. The Labute approximate surface area is 118 Å². The van der Waals surface area contributed by atoms with Crippen molar-refractivity contribution in [3.05, 3.63) is 35.0 Å². The number of hydrogen-bond donors (Lipinski definition) is 0. The third-order valence-corrected chi connectivity index (χ3v) is 6.54. The van der Waals surface area contributed by atoms with E-state index in [-0.39, 0.29) is 6.10 Å². The van der Waals surface area contributed by atoms with Crippen molar-refractivity contribution in [1.29, 1.82) is 0 Å². The normalized spacial score (nSPS) is 23.9. The maximum Gasteiger partial charge on any atom is 0.220 e. The summed E-state index contributed by atoms with van der Waals surface area (Å²) >= 11 is 1.56. The summed E-state index contributed by atoms with van der Waals surface area (Å²) in [4.78, 5) is 1.04. The summed E-state index contributed by atoms with van der Waals surface area (Å²) in [7, 11) is -3.34. The van der Waals surface area contributed by atoms with Crippen molar-refractivity contribution in [3.63, 3.8) is 0 Å². The van der Waals surface area contributed by atoms with Gasteiger partial charge in [-0.1, -0.05) is 12.1 Å². The fourth-order valence-corrected chi connectivity index (χ4v) is 5.05. The van der Waals surface area contributed by atoms with Gasteiger partial charge < -0.3 is 4.74 Å². The summed E-state index contributed by atoms with van der Waals surface area (Å²) in [5.74, 6) is 0. The zero-order valence-electron chi connectivity index (χ0n) is 11.0. The molecule has 1 aromatic heterocycles. The molecule has 1 saturated heterocycles. The molecular weight excluding hydrogens is 282 g/mol. The summed E-state index contributed by atoms with van der Waals surface area (Å²) in [6.45, 7) is 6.75. The molecule has 1 aliphatic rings. The van der Waals surface area contributed by atoms with Crippen LogP contribution in [0.1, 0.15) is 18.2 Å². The predicted octanol–water partition coefficient (Wildman–Crippen LogP) is 2.24. The van der Waals surface area contributed by atoms with Crippen molar-refractivity contribution in [2.45, 2.75) is 31.2 Å². The minimum atomic E-state index is -3.34. The monoisotopic (exact) mass is 301 g/mol. The first-order chi connectivity index (χ1) is 9.05. The van der Waals surface area contributed by atoms with Crippen LogP contribution in [0.3, 0.4) is 0 Å². The smallest absolute Gasteiger partial charge is 0.220 e. The fourth-order valence-electron chi connectivity index (χ4n) is 2.27. The highest BCUT2D eigenvalue weighted by Crippen LogP contribution is 2.25. The van der Waals surface area contributed by atoms with Crippen LogP contribution < -0.4 is 0 Å². The second-order valence-electron chi connectivity index (χ2n) is 4.61. The number of nitrogens with zero attached hydrogens (tertiary/aromatic N) is 1. The first-order valence-electron chi connectivity index (χ1n) is 6.29. The van der Waals surface area contributed by atoms with E-state index in [2.05, 4.69) is 6.58 Å². The van der Waals surface area contributed by atoms with Gasteiger partial charge in [0, 0.05) is 24.6 Å². The maximum atomic E-state index is 12.7. The average molecular weight is 301 g/mol. The average Bonchev–Trinajstić information content (AvgIpc) is 2.99. The van der Waals surface area contributed by atoms with Crippen molar-refractivity contribution in [1.82, 2.24) is 4.31 Å². The van der Waals surface area contributed by atoms with Gasteiger partial charge in [-0.05, 0) is 24.8 Å². The zero-order valence-corrected chi connectivity index (χ0v) is 12.6. The molecule has 0 spiro atoms. The molecule has 6 heteroatoms. The van der Waals surface area contributed by atoms with Crippen LogP contribution in [-0.4, -0.2) is 37.2 Å². The third-order valence-electron chi connectivity index (χ3n) is 3.29.